The van der Waals surface area contributed by atoms with Gasteiger partial charge in [-0.3, -0.25) is 4.79 Å². The van der Waals surface area contributed by atoms with Crippen molar-refractivity contribution in [3.05, 3.63) is 34.9 Å². The maximum absolute atomic E-state index is 12.5. The summed E-state index contributed by atoms with van der Waals surface area (Å²) < 4.78 is 0. The predicted octanol–water partition coefficient (Wildman–Crippen LogP) is 1.40. The van der Waals surface area contributed by atoms with Gasteiger partial charge in [0.25, 0.3) is 5.91 Å². The van der Waals surface area contributed by atoms with Gasteiger partial charge in [0, 0.05) is 24.7 Å². The number of nitrogens with zero attached hydrogens (tertiary/aromatic N) is 1. The number of piperidine rings is 1. The van der Waals surface area contributed by atoms with Crippen molar-refractivity contribution >= 4 is 5.91 Å². The number of carbonyl (C=O) groups is 1. The number of likely N-dealkylation sites (tertiary alicyclic amines) is 1. The Labute approximate surface area is 126 Å². The van der Waals surface area contributed by atoms with Gasteiger partial charge in [-0.05, 0) is 62.2 Å². The zero-order valence-electron chi connectivity index (χ0n) is 13.0. The summed E-state index contributed by atoms with van der Waals surface area (Å²) in [5.74, 6) is 0.580. The molecule has 114 valence electrons. The van der Waals surface area contributed by atoms with Crippen molar-refractivity contribution in [1.29, 1.82) is 0 Å². The molecule has 21 heavy (non-hydrogen) atoms. The summed E-state index contributed by atoms with van der Waals surface area (Å²) in [4.78, 5) is 14.8. The third-order valence-electron chi connectivity index (χ3n) is 4.78. The summed E-state index contributed by atoms with van der Waals surface area (Å²) >= 11 is 0. The molecule has 2 aliphatic rings. The Morgan fingerprint density at radius 1 is 1.38 bits per heavy atom. The van der Waals surface area contributed by atoms with Crippen molar-refractivity contribution in [2.75, 3.05) is 26.7 Å². The summed E-state index contributed by atoms with van der Waals surface area (Å²) in [7, 11) is 2.14. The zero-order valence-corrected chi connectivity index (χ0v) is 13.0. The lowest BCUT2D eigenvalue weighted by Gasteiger charge is -2.35. The fourth-order valence-electron chi connectivity index (χ4n) is 3.44. The van der Waals surface area contributed by atoms with E-state index in [4.69, 9.17) is 0 Å². The molecule has 0 aliphatic carbocycles. The van der Waals surface area contributed by atoms with Gasteiger partial charge < -0.3 is 15.5 Å². The van der Waals surface area contributed by atoms with Gasteiger partial charge >= 0.3 is 0 Å². The fourth-order valence-corrected chi connectivity index (χ4v) is 3.44. The van der Waals surface area contributed by atoms with Gasteiger partial charge in [0.1, 0.15) is 0 Å². The number of amides is 1. The van der Waals surface area contributed by atoms with Crippen LogP contribution in [-0.2, 0) is 13.0 Å². The lowest BCUT2D eigenvalue weighted by Crippen LogP contribution is -2.48. The molecular weight excluding hydrogens is 262 g/mol. The topological polar surface area (TPSA) is 44.4 Å². The molecule has 4 heteroatoms. The Hall–Kier alpha value is -1.39. The van der Waals surface area contributed by atoms with E-state index in [2.05, 4.69) is 41.6 Å². The minimum atomic E-state index is 0.0739. The highest BCUT2D eigenvalue weighted by atomic mass is 16.1. The molecule has 1 amide bonds. The molecule has 2 atom stereocenters. The smallest absolute Gasteiger partial charge is 0.251 e. The number of hydrogen-bond acceptors (Lipinski definition) is 3. The Morgan fingerprint density at radius 2 is 2.24 bits per heavy atom. The van der Waals surface area contributed by atoms with E-state index < -0.39 is 0 Å². The quantitative estimate of drug-likeness (QED) is 0.864. The first-order valence-corrected chi connectivity index (χ1v) is 7.95. The van der Waals surface area contributed by atoms with Crippen LogP contribution in [0.25, 0.3) is 0 Å². The number of fused-ring (bicyclic) bond motifs is 1. The SMILES string of the molecule is CC1CN(C)CCC1NC(=O)c1ccc2c(c1)CNCC2. The molecule has 1 aromatic carbocycles. The molecule has 0 spiro atoms. The van der Waals surface area contributed by atoms with Gasteiger partial charge in [-0.1, -0.05) is 13.0 Å². The first-order chi connectivity index (χ1) is 10.1. The van der Waals surface area contributed by atoms with E-state index in [1.807, 2.05) is 6.07 Å². The molecule has 2 aliphatic heterocycles. The van der Waals surface area contributed by atoms with Gasteiger partial charge in [0.2, 0.25) is 0 Å². The number of nitrogens with one attached hydrogen (secondary N) is 2. The van der Waals surface area contributed by atoms with Crippen molar-refractivity contribution in [3.8, 4) is 0 Å². The highest BCUT2D eigenvalue weighted by Gasteiger charge is 2.26. The van der Waals surface area contributed by atoms with Crippen LogP contribution >= 0.6 is 0 Å². The summed E-state index contributed by atoms with van der Waals surface area (Å²) in [6.07, 6.45) is 2.10. The van der Waals surface area contributed by atoms with E-state index in [0.717, 1.165) is 44.6 Å². The first-order valence-electron chi connectivity index (χ1n) is 7.95. The van der Waals surface area contributed by atoms with Crippen LogP contribution < -0.4 is 10.6 Å². The second-order valence-corrected chi connectivity index (χ2v) is 6.52. The average Bonchev–Trinajstić information content (AvgIpc) is 2.49. The van der Waals surface area contributed by atoms with E-state index in [1.165, 1.54) is 11.1 Å². The first kappa shape index (κ1) is 14.5. The number of benzene rings is 1. The van der Waals surface area contributed by atoms with Crippen LogP contribution in [0, 0.1) is 5.92 Å². The summed E-state index contributed by atoms with van der Waals surface area (Å²) in [6, 6.07) is 6.43. The van der Waals surface area contributed by atoms with Gasteiger partial charge in [-0.2, -0.15) is 0 Å². The molecule has 0 saturated carbocycles. The van der Waals surface area contributed by atoms with Crippen molar-refractivity contribution in [1.82, 2.24) is 15.5 Å². The maximum atomic E-state index is 12.5. The van der Waals surface area contributed by atoms with Gasteiger partial charge in [-0.15, -0.1) is 0 Å². The standard InChI is InChI=1S/C17H25N3O/c1-12-11-20(2)8-6-16(12)19-17(21)14-4-3-13-5-7-18-10-15(13)9-14/h3-4,9,12,16,18H,5-8,10-11H2,1-2H3,(H,19,21). The van der Waals surface area contributed by atoms with Crippen LogP contribution in [0.15, 0.2) is 18.2 Å². The molecule has 1 fully saturated rings. The lowest BCUT2D eigenvalue weighted by molar-refractivity contribution is 0.0883. The second kappa shape index (κ2) is 6.16. The van der Waals surface area contributed by atoms with Gasteiger partial charge in [-0.25, -0.2) is 0 Å². The second-order valence-electron chi connectivity index (χ2n) is 6.52. The van der Waals surface area contributed by atoms with Crippen LogP contribution in [0.3, 0.4) is 0 Å². The largest absolute Gasteiger partial charge is 0.349 e. The Morgan fingerprint density at radius 3 is 3.05 bits per heavy atom. The third kappa shape index (κ3) is 3.27. The minimum Gasteiger partial charge on any atom is -0.349 e. The van der Waals surface area contributed by atoms with Crippen molar-refractivity contribution in [2.45, 2.75) is 32.4 Å². The Balaban J connectivity index is 1.68. The van der Waals surface area contributed by atoms with E-state index in [9.17, 15) is 4.79 Å². The fraction of sp³-hybridized carbons (Fsp3) is 0.588. The molecule has 3 rings (SSSR count). The molecular formula is C17H25N3O. The summed E-state index contributed by atoms with van der Waals surface area (Å²) in [5.41, 5.74) is 3.44. The minimum absolute atomic E-state index is 0.0739. The lowest BCUT2D eigenvalue weighted by atomic mass is 9.93. The van der Waals surface area contributed by atoms with Crippen LogP contribution in [0.5, 0.6) is 0 Å². The van der Waals surface area contributed by atoms with Gasteiger partial charge in [0.05, 0.1) is 0 Å². The van der Waals surface area contributed by atoms with Crippen LogP contribution in [0.1, 0.15) is 34.8 Å². The third-order valence-corrected chi connectivity index (χ3v) is 4.78. The van der Waals surface area contributed by atoms with E-state index >= 15 is 0 Å². The Bertz CT molecular complexity index is 529. The molecule has 2 N–H and O–H groups in total. The molecule has 0 radical (unpaired) electrons. The van der Waals surface area contributed by atoms with Crippen LogP contribution in [0.4, 0.5) is 0 Å². The monoisotopic (exact) mass is 287 g/mol. The van der Waals surface area contributed by atoms with Crippen molar-refractivity contribution in [2.24, 2.45) is 5.92 Å². The molecule has 0 aromatic heterocycles. The molecule has 2 heterocycles. The van der Waals surface area contributed by atoms with E-state index in [0.29, 0.717) is 12.0 Å². The molecule has 0 bridgehead atoms. The number of carbonyl (C=O) groups excluding carboxylic acids is 1. The molecule has 1 saturated heterocycles. The average molecular weight is 287 g/mol. The van der Waals surface area contributed by atoms with Crippen molar-refractivity contribution < 1.29 is 4.79 Å². The number of hydrogen-bond donors (Lipinski definition) is 2. The molecule has 1 aromatic rings. The molecule has 2 unspecified atom stereocenters. The van der Waals surface area contributed by atoms with Crippen molar-refractivity contribution in [3.63, 3.8) is 0 Å². The summed E-state index contributed by atoms with van der Waals surface area (Å²) in [6.45, 7) is 6.24. The Kier molecular flexibility index (Phi) is 4.27. The highest BCUT2D eigenvalue weighted by molar-refractivity contribution is 5.94. The molecule has 4 nitrogen and oxygen atoms in total. The predicted molar refractivity (Wildman–Crippen MR) is 84.4 cm³/mol. The zero-order chi connectivity index (χ0) is 14.8. The van der Waals surface area contributed by atoms with Gasteiger partial charge in [0.15, 0.2) is 0 Å². The highest BCUT2D eigenvalue weighted by Crippen LogP contribution is 2.18. The van der Waals surface area contributed by atoms with Crippen LogP contribution in [-0.4, -0.2) is 43.5 Å². The maximum Gasteiger partial charge on any atom is 0.251 e. The number of rotatable bonds is 2. The van der Waals surface area contributed by atoms with E-state index in [-0.39, 0.29) is 5.91 Å². The van der Waals surface area contributed by atoms with Crippen LogP contribution in [0.2, 0.25) is 0 Å². The normalized spacial score (nSPS) is 26.2. The summed E-state index contributed by atoms with van der Waals surface area (Å²) in [5, 5.41) is 6.59. The van der Waals surface area contributed by atoms with E-state index in [1.54, 1.807) is 0 Å².